The van der Waals surface area contributed by atoms with Gasteiger partial charge in [0.2, 0.25) is 5.91 Å². The summed E-state index contributed by atoms with van der Waals surface area (Å²) in [6.07, 6.45) is 2.65. The fourth-order valence-corrected chi connectivity index (χ4v) is 1.51. The summed E-state index contributed by atoms with van der Waals surface area (Å²) in [5.74, 6) is -0.208. The van der Waals surface area contributed by atoms with Crippen LogP contribution < -0.4 is 5.32 Å². The molecule has 0 unspecified atom stereocenters. The van der Waals surface area contributed by atoms with Gasteiger partial charge in [0.1, 0.15) is 0 Å². The fraction of sp³-hybridized carbons (Fsp3) is 0.250. The Hall–Kier alpha value is -1.13. The van der Waals surface area contributed by atoms with Crippen LogP contribution in [0.4, 0.5) is 0 Å². The van der Waals surface area contributed by atoms with Crippen LogP contribution >= 0.6 is 15.9 Å². The zero-order valence-corrected chi connectivity index (χ0v) is 10.6. The van der Waals surface area contributed by atoms with Gasteiger partial charge < -0.3 is 10.4 Å². The number of carbonyl (C=O) groups is 1. The van der Waals surface area contributed by atoms with Gasteiger partial charge in [0.15, 0.2) is 0 Å². The number of benzene rings is 1. The van der Waals surface area contributed by atoms with E-state index < -0.39 is 6.10 Å². The number of aliphatic hydroxyl groups excluding tert-OH is 1. The quantitative estimate of drug-likeness (QED) is 0.830. The summed E-state index contributed by atoms with van der Waals surface area (Å²) in [5.41, 5.74) is 0.946. The lowest BCUT2D eigenvalue weighted by Crippen LogP contribution is -2.28. The molecule has 1 amide bonds. The van der Waals surface area contributed by atoms with Crippen LogP contribution in [0.1, 0.15) is 12.5 Å². The van der Waals surface area contributed by atoms with Crippen LogP contribution in [0.25, 0.3) is 6.08 Å². The highest BCUT2D eigenvalue weighted by Crippen LogP contribution is 2.12. The average Bonchev–Trinajstić information content (AvgIpc) is 2.23. The van der Waals surface area contributed by atoms with Crippen molar-refractivity contribution in [3.63, 3.8) is 0 Å². The van der Waals surface area contributed by atoms with Crippen molar-refractivity contribution in [2.24, 2.45) is 0 Å². The number of aliphatic hydroxyl groups is 1. The van der Waals surface area contributed by atoms with E-state index in [2.05, 4.69) is 21.2 Å². The Kier molecular flexibility index (Phi) is 5.22. The summed E-state index contributed by atoms with van der Waals surface area (Å²) in [6, 6.07) is 7.64. The van der Waals surface area contributed by atoms with Gasteiger partial charge in [-0.2, -0.15) is 0 Å². The molecule has 0 heterocycles. The van der Waals surface area contributed by atoms with E-state index in [1.54, 1.807) is 13.0 Å². The van der Waals surface area contributed by atoms with E-state index in [4.69, 9.17) is 5.11 Å². The molecule has 0 radical (unpaired) electrons. The molecular weight excluding hydrogens is 270 g/mol. The minimum absolute atomic E-state index is 0.208. The van der Waals surface area contributed by atoms with Crippen molar-refractivity contribution in [3.8, 4) is 0 Å². The van der Waals surface area contributed by atoms with Crippen molar-refractivity contribution < 1.29 is 9.90 Å². The molecule has 4 heteroatoms. The molecule has 0 aliphatic carbocycles. The van der Waals surface area contributed by atoms with Crippen LogP contribution in [0.2, 0.25) is 0 Å². The lowest BCUT2D eigenvalue weighted by atomic mass is 10.2. The smallest absolute Gasteiger partial charge is 0.244 e. The van der Waals surface area contributed by atoms with Crippen molar-refractivity contribution in [1.82, 2.24) is 5.32 Å². The Balaban J connectivity index is 2.50. The molecule has 2 N–H and O–H groups in total. The first-order valence-corrected chi connectivity index (χ1v) is 5.77. The van der Waals surface area contributed by atoms with Gasteiger partial charge in [-0.1, -0.05) is 28.1 Å². The standard InChI is InChI=1S/C12H14BrNO2/c1-9(15)8-14-12(16)6-5-10-3-2-4-11(13)7-10/h2-7,9,15H,8H2,1H3,(H,14,16)/b6-5+/t9-/m0/s1. The molecular formula is C12H14BrNO2. The molecule has 16 heavy (non-hydrogen) atoms. The highest BCUT2D eigenvalue weighted by atomic mass is 79.9. The predicted molar refractivity (Wildman–Crippen MR) is 67.9 cm³/mol. The van der Waals surface area contributed by atoms with Crippen molar-refractivity contribution >= 4 is 27.9 Å². The second-order valence-corrected chi connectivity index (χ2v) is 4.40. The van der Waals surface area contributed by atoms with Crippen molar-refractivity contribution in [2.45, 2.75) is 13.0 Å². The number of nitrogens with one attached hydrogen (secondary N) is 1. The van der Waals surface area contributed by atoms with Crippen molar-refractivity contribution in [3.05, 3.63) is 40.4 Å². The minimum Gasteiger partial charge on any atom is -0.392 e. The summed E-state index contributed by atoms with van der Waals surface area (Å²) < 4.78 is 0.971. The van der Waals surface area contributed by atoms with E-state index in [1.165, 1.54) is 6.08 Å². The third-order valence-corrected chi connectivity index (χ3v) is 2.34. The Bertz CT molecular complexity index is 388. The van der Waals surface area contributed by atoms with E-state index in [0.29, 0.717) is 0 Å². The highest BCUT2D eigenvalue weighted by Gasteiger charge is 1.98. The third-order valence-electron chi connectivity index (χ3n) is 1.85. The van der Waals surface area contributed by atoms with E-state index in [0.717, 1.165) is 10.0 Å². The maximum absolute atomic E-state index is 11.3. The second kappa shape index (κ2) is 6.45. The first-order valence-electron chi connectivity index (χ1n) is 4.97. The van der Waals surface area contributed by atoms with Gasteiger partial charge in [-0.05, 0) is 30.7 Å². The normalized spacial score (nSPS) is 12.7. The largest absolute Gasteiger partial charge is 0.392 e. The maximum Gasteiger partial charge on any atom is 0.244 e. The number of hydrogen-bond acceptors (Lipinski definition) is 2. The first-order chi connectivity index (χ1) is 7.58. The SMILES string of the molecule is C[C@H](O)CNC(=O)/C=C/c1cccc(Br)c1. The molecule has 1 rings (SSSR count). The predicted octanol–water partition coefficient (Wildman–Crippen LogP) is 1.96. The Morgan fingerprint density at radius 2 is 2.38 bits per heavy atom. The highest BCUT2D eigenvalue weighted by molar-refractivity contribution is 9.10. The van der Waals surface area contributed by atoms with Crippen LogP contribution in [0.5, 0.6) is 0 Å². The molecule has 86 valence electrons. The Labute approximate surface area is 103 Å². The summed E-state index contributed by atoms with van der Waals surface area (Å²) >= 11 is 3.35. The van der Waals surface area contributed by atoms with E-state index in [1.807, 2.05) is 24.3 Å². The summed E-state index contributed by atoms with van der Waals surface area (Å²) in [5, 5.41) is 11.6. The molecule has 0 fully saturated rings. The van der Waals surface area contributed by atoms with Crippen LogP contribution in [-0.2, 0) is 4.79 Å². The molecule has 1 aromatic carbocycles. The van der Waals surface area contributed by atoms with Crippen LogP contribution in [-0.4, -0.2) is 23.7 Å². The maximum atomic E-state index is 11.3. The Morgan fingerprint density at radius 3 is 3.00 bits per heavy atom. The van der Waals surface area contributed by atoms with E-state index in [-0.39, 0.29) is 12.5 Å². The van der Waals surface area contributed by atoms with Crippen LogP contribution in [0.3, 0.4) is 0 Å². The summed E-state index contributed by atoms with van der Waals surface area (Å²) in [7, 11) is 0. The molecule has 0 spiro atoms. The number of halogens is 1. The third kappa shape index (κ3) is 5.09. The molecule has 1 atom stereocenters. The molecule has 0 aliphatic rings. The number of carbonyl (C=O) groups excluding carboxylic acids is 1. The lowest BCUT2D eigenvalue weighted by molar-refractivity contribution is -0.116. The molecule has 0 aliphatic heterocycles. The monoisotopic (exact) mass is 283 g/mol. The van der Waals surface area contributed by atoms with Crippen LogP contribution in [0.15, 0.2) is 34.8 Å². The van der Waals surface area contributed by atoms with Gasteiger partial charge >= 0.3 is 0 Å². The van der Waals surface area contributed by atoms with Gasteiger partial charge in [0, 0.05) is 17.1 Å². The van der Waals surface area contributed by atoms with Crippen molar-refractivity contribution in [2.75, 3.05) is 6.54 Å². The number of hydrogen-bond donors (Lipinski definition) is 2. The average molecular weight is 284 g/mol. The zero-order chi connectivity index (χ0) is 12.0. The molecule has 0 saturated carbocycles. The van der Waals surface area contributed by atoms with Crippen molar-refractivity contribution in [1.29, 1.82) is 0 Å². The zero-order valence-electron chi connectivity index (χ0n) is 8.98. The Morgan fingerprint density at radius 1 is 1.62 bits per heavy atom. The van der Waals surface area contributed by atoms with Gasteiger partial charge in [-0.25, -0.2) is 0 Å². The molecule has 1 aromatic rings. The molecule has 0 saturated heterocycles. The topological polar surface area (TPSA) is 49.3 Å². The van der Waals surface area contributed by atoms with Gasteiger partial charge in [0.25, 0.3) is 0 Å². The van der Waals surface area contributed by atoms with E-state index in [9.17, 15) is 4.79 Å². The van der Waals surface area contributed by atoms with E-state index >= 15 is 0 Å². The second-order valence-electron chi connectivity index (χ2n) is 3.48. The van der Waals surface area contributed by atoms with Crippen LogP contribution in [0, 0.1) is 0 Å². The van der Waals surface area contributed by atoms with Gasteiger partial charge in [-0.15, -0.1) is 0 Å². The summed E-state index contributed by atoms with van der Waals surface area (Å²) in [6.45, 7) is 1.89. The lowest BCUT2D eigenvalue weighted by Gasteiger charge is -2.03. The van der Waals surface area contributed by atoms with Gasteiger partial charge in [-0.3, -0.25) is 4.79 Å². The number of rotatable bonds is 4. The fourth-order valence-electron chi connectivity index (χ4n) is 1.09. The minimum atomic E-state index is -0.525. The molecule has 0 bridgehead atoms. The summed E-state index contributed by atoms with van der Waals surface area (Å²) in [4.78, 5) is 11.3. The van der Waals surface area contributed by atoms with Gasteiger partial charge in [0.05, 0.1) is 6.10 Å². The first kappa shape index (κ1) is 12.9. The number of amides is 1. The molecule has 0 aromatic heterocycles. The molecule has 3 nitrogen and oxygen atoms in total.